The monoisotopic (exact) mass is 388 g/mol. The third-order valence-corrected chi connectivity index (χ3v) is 3.73. The Hall–Kier alpha value is -2.69. The van der Waals surface area contributed by atoms with E-state index in [0.29, 0.717) is 0 Å². The van der Waals surface area contributed by atoms with E-state index >= 15 is 0 Å². The fourth-order valence-electron chi connectivity index (χ4n) is 1.97. The smallest absolute Gasteiger partial charge is 0.325 e. The van der Waals surface area contributed by atoms with Crippen LogP contribution >= 0.6 is 0 Å². The van der Waals surface area contributed by atoms with E-state index in [4.69, 9.17) is 15.9 Å². The van der Waals surface area contributed by atoms with Gasteiger partial charge in [0.2, 0.25) is 17.7 Å². The molecule has 0 radical (unpaired) electrons. The topological polar surface area (TPSA) is 188 Å². The number of carbonyl (C=O) groups excluding carboxylic acids is 3. The lowest BCUT2D eigenvalue weighted by molar-refractivity contribution is -0.142. The van der Waals surface area contributed by atoms with Crippen LogP contribution in [0.1, 0.15) is 40.5 Å². The van der Waals surface area contributed by atoms with Crippen molar-refractivity contribution in [3.8, 4) is 0 Å². The second-order valence-corrected chi connectivity index (χ2v) is 6.57. The quantitative estimate of drug-likeness (QED) is 0.244. The molecule has 4 unspecified atom stereocenters. The second-order valence-electron chi connectivity index (χ2n) is 6.57. The number of nitrogens with one attached hydrogen (secondary N) is 3. The van der Waals surface area contributed by atoms with Gasteiger partial charge in [-0.3, -0.25) is 24.0 Å². The molecule has 0 fully saturated rings. The van der Waals surface area contributed by atoms with Crippen LogP contribution < -0.4 is 21.7 Å². The highest BCUT2D eigenvalue weighted by atomic mass is 16.4. The molecule has 7 N–H and O–H groups in total. The maximum Gasteiger partial charge on any atom is 0.325 e. The lowest BCUT2D eigenvalue weighted by Gasteiger charge is -2.25. The zero-order valence-electron chi connectivity index (χ0n) is 15.8. The molecule has 4 atom stereocenters. The molecule has 154 valence electrons. The summed E-state index contributed by atoms with van der Waals surface area (Å²) in [4.78, 5) is 57.7. The molecular weight excluding hydrogens is 360 g/mol. The SMILES string of the molecule is CC(NC(=O)C(NC(=O)C(C)NC(=O)C(N)CCC(=O)O)C(C)C)C(=O)O. The maximum atomic E-state index is 12.2. The van der Waals surface area contributed by atoms with Crippen molar-refractivity contribution in [1.29, 1.82) is 0 Å². The van der Waals surface area contributed by atoms with E-state index in [-0.39, 0.29) is 18.8 Å². The number of carboxylic acid groups (broad SMARTS) is 2. The predicted octanol–water partition coefficient (Wildman–Crippen LogP) is -1.59. The van der Waals surface area contributed by atoms with Crippen molar-refractivity contribution in [2.45, 2.75) is 64.7 Å². The van der Waals surface area contributed by atoms with Crippen molar-refractivity contribution in [2.75, 3.05) is 0 Å². The van der Waals surface area contributed by atoms with Crippen LogP contribution in [0.4, 0.5) is 0 Å². The normalized spacial score (nSPS) is 15.2. The van der Waals surface area contributed by atoms with Gasteiger partial charge >= 0.3 is 11.9 Å². The molecule has 0 aromatic carbocycles. The minimum Gasteiger partial charge on any atom is -0.481 e. The Morgan fingerprint density at radius 3 is 1.78 bits per heavy atom. The van der Waals surface area contributed by atoms with Crippen LogP contribution in [-0.4, -0.2) is 64.0 Å². The van der Waals surface area contributed by atoms with E-state index in [2.05, 4.69) is 16.0 Å². The largest absolute Gasteiger partial charge is 0.481 e. The molecule has 11 heteroatoms. The third-order valence-electron chi connectivity index (χ3n) is 3.73. The Morgan fingerprint density at radius 1 is 0.815 bits per heavy atom. The second kappa shape index (κ2) is 11.1. The van der Waals surface area contributed by atoms with E-state index < -0.39 is 53.8 Å². The standard InChI is InChI=1S/C16H28N4O7/c1-7(2)12(15(25)19-9(4)16(26)27)20-13(23)8(3)18-14(24)10(17)5-6-11(21)22/h7-10,12H,5-6,17H2,1-4H3,(H,18,24)(H,19,25)(H,20,23)(H,21,22)(H,26,27). The van der Waals surface area contributed by atoms with Gasteiger partial charge in [-0.25, -0.2) is 0 Å². The summed E-state index contributed by atoms with van der Waals surface area (Å²) in [7, 11) is 0. The summed E-state index contributed by atoms with van der Waals surface area (Å²) in [5, 5.41) is 24.5. The summed E-state index contributed by atoms with van der Waals surface area (Å²) in [5.41, 5.74) is 5.57. The maximum absolute atomic E-state index is 12.2. The zero-order valence-corrected chi connectivity index (χ0v) is 15.8. The predicted molar refractivity (Wildman–Crippen MR) is 94.5 cm³/mol. The summed E-state index contributed by atoms with van der Waals surface area (Å²) >= 11 is 0. The Bertz CT molecular complexity index is 579. The van der Waals surface area contributed by atoms with Crippen LogP contribution in [0.3, 0.4) is 0 Å². The van der Waals surface area contributed by atoms with Crippen molar-refractivity contribution in [1.82, 2.24) is 16.0 Å². The number of amides is 3. The van der Waals surface area contributed by atoms with Crippen LogP contribution in [0.15, 0.2) is 0 Å². The highest BCUT2D eigenvalue weighted by molar-refractivity contribution is 5.94. The van der Waals surface area contributed by atoms with Crippen LogP contribution in [0.25, 0.3) is 0 Å². The molecule has 0 spiro atoms. The fourth-order valence-corrected chi connectivity index (χ4v) is 1.97. The first-order valence-corrected chi connectivity index (χ1v) is 8.48. The van der Waals surface area contributed by atoms with Gasteiger partial charge in [0.15, 0.2) is 0 Å². The fraction of sp³-hybridized carbons (Fsp3) is 0.688. The van der Waals surface area contributed by atoms with Gasteiger partial charge in [0.05, 0.1) is 6.04 Å². The van der Waals surface area contributed by atoms with Crippen molar-refractivity contribution < 1.29 is 34.2 Å². The molecule has 0 aliphatic heterocycles. The van der Waals surface area contributed by atoms with Gasteiger partial charge in [-0.05, 0) is 26.2 Å². The highest BCUT2D eigenvalue weighted by Gasteiger charge is 2.29. The van der Waals surface area contributed by atoms with Gasteiger partial charge < -0.3 is 31.9 Å². The first-order chi connectivity index (χ1) is 12.4. The summed E-state index contributed by atoms with van der Waals surface area (Å²) in [6, 6.07) is -4.24. The molecule has 0 aliphatic rings. The lowest BCUT2D eigenvalue weighted by atomic mass is 10.0. The number of aliphatic carboxylic acids is 2. The average molecular weight is 388 g/mol. The van der Waals surface area contributed by atoms with Crippen LogP contribution in [0, 0.1) is 5.92 Å². The number of hydrogen-bond donors (Lipinski definition) is 6. The summed E-state index contributed by atoms with van der Waals surface area (Å²) in [5.74, 6) is -4.66. The molecule has 0 saturated heterocycles. The molecular formula is C16H28N4O7. The molecule has 0 aromatic heterocycles. The van der Waals surface area contributed by atoms with Gasteiger partial charge in [0.1, 0.15) is 18.1 Å². The first kappa shape index (κ1) is 24.3. The third kappa shape index (κ3) is 8.99. The number of carboxylic acids is 2. The molecule has 0 rings (SSSR count). The molecule has 3 amide bonds. The number of hydrogen-bond acceptors (Lipinski definition) is 6. The minimum atomic E-state index is -1.21. The summed E-state index contributed by atoms with van der Waals surface area (Å²) < 4.78 is 0. The molecule has 0 aromatic rings. The van der Waals surface area contributed by atoms with Gasteiger partial charge in [0, 0.05) is 6.42 Å². The van der Waals surface area contributed by atoms with Crippen LogP contribution in [0.5, 0.6) is 0 Å². The highest BCUT2D eigenvalue weighted by Crippen LogP contribution is 2.04. The van der Waals surface area contributed by atoms with E-state index in [1.165, 1.54) is 13.8 Å². The molecule has 0 aliphatic carbocycles. The summed E-state index contributed by atoms with van der Waals surface area (Å²) in [6.07, 6.45) is -0.369. The van der Waals surface area contributed by atoms with E-state index in [1.54, 1.807) is 13.8 Å². The summed E-state index contributed by atoms with van der Waals surface area (Å²) in [6.45, 7) is 6.01. The Balaban J connectivity index is 4.79. The van der Waals surface area contributed by atoms with E-state index in [0.717, 1.165) is 0 Å². The van der Waals surface area contributed by atoms with Crippen LogP contribution in [0.2, 0.25) is 0 Å². The van der Waals surface area contributed by atoms with Gasteiger partial charge in [-0.15, -0.1) is 0 Å². The van der Waals surface area contributed by atoms with Crippen molar-refractivity contribution in [3.63, 3.8) is 0 Å². The molecule has 11 nitrogen and oxygen atoms in total. The van der Waals surface area contributed by atoms with Gasteiger partial charge in [-0.1, -0.05) is 13.8 Å². The van der Waals surface area contributed by atoms with Crippen molar-refractivity contribution >= 4 is 29.7 Å². The Labute approximate surface area is 157 Å². The lowest BCUT2D eigenvalue weighted by Crippen LogP contribution is -2.57. The van der Waals surface area contributed by atoms with Gasteiger partial charge in [-0.2, -0.15) is 0 Å². The average Bonchev–Trinajstić information content (AvgIpc) is 2.56. The number of carbonyl (C=O) groups is 5. The first-order valence-electron chi connectivity index (χ1n) is 8.48. The van der Waals surface area contributed by atoms with E-state index in [1.807, 2.05) is 0 Å². The van der Waals surface area contributed by atoms with Gasteiger partial charge in [0.25, 0.3) is 0 Å². The molecule has 0 heterocycles. The Morgan fingerprint density at radius 2 is 1.33 bits per heavy atom. The molecule has 0 bridgehead atoms. The molecule has 27 heavy (non-hydrogen) atoms. The van der Waals surface area contributed by atoms with Crippen molar-refractivity contribution in [3.05, 3.63) is 0 Å². The number of rotatable bonds is 11. The Kier molecular flexibility index (Phi) is 10.0. The molecule has 0 saturated carbocycles. The zero-order chi connectivity index (χ0) is 21.3. The van der Waals surface area contributed by atoms with Crippen LogP contribution in [-0.2, 0) is 24.0 Å². The van der Waals surface area contributed by atoms with Crippen molar-refractivity contribution in [2.24, 2.45) is 11.7 Å². The van der Waals surface area contributed by atoms with E-state index in [9.17, 15) is 24.0 Å². The number of nitrogens with two attached hydrogens (primary N) is 1. The minimum absolute atomic E-state index is 0.0837.